The first-order valence-corrected chi connectivity index (χ1v) is 7.07. The minimum Gasteiger partial charge on any atom is -0.332 e. The van der Waals surface area contributed by atoms with Crippen molar-refractivity contribution < 1.29 is 9.59 Å². The molecule has 0 aromatic heterocycles. The molecule has 2 amide bonds. The molecule has 0 spiro atoms. The summed E-state index contributed by atoms with van der Waals surface area (Å²) in [6, 6.07) is 5.91. The summed E-state index contributed by atoms with van der Waals surface area (Å²) in [5.74, 6) is -0.259. The molecule has 0 aliphatic heterocycles. The summed E-state index contributed by atoms with van der Waals surface area (Å²) in [5.41, 5.74) is 2.90. The number of nitrogens with one attached hydrogen (secondary N) is 1. The SMILES string of the molecule is CC(=O)N(CCN(C)C)CC(=O)Nc1cc(C)ccc1C. The van der Waals surface area contributed by atoms with E-state index < -0.39 is 0 Å². The molecular weight excluding hydrogens is 266 g/mol. The maximum atomic E-state index is 12.1. The van der Waals surface area contributed by atoms with E-state index in [0.717, 1.165) is 23.4 Å². The van der Waals surface area contributed by atoms with Gasteiger partial charge in [-0.1, -0.05) is 12.1 Å². The fraction of sp³-hybridized carbons (Fsp3) is 0.500. The van der Waals surface area contributed by atoms with Crippen molar-refractivity contribution in [1.82, 2.24) is 9.80 Å². The second-order valence-corrected chi connectivity index (χ2v) is 5.61. The molecule has 0 aliphatic rings. The summed E-state index contributed by atoms with van der Waals surface area (Å²) in [6.07, 6.45) is 0. The molecular formula is C16H25N3O2. The van der Waals surface area contributed by atoms with Crippen molar-refractivity contribution in [3.05, 3.63) is 29.3 Å². The smallest absolute Gasteiger partial charge is 0.244 e. The van der Waals surface area contributed by atoms with Crippen LogP contribution < -0.4 is 5.32 Å². The molecule has 0 saturated heterocycles. The second-order valence-electron chi connectivity index (χ2n) is 5.61. The molecule has 5 nitrogen and oxygen atoms in total. The molecule has 0 atom stereocenters. The van der Waals surface area contributed by atoms with Crippen LogP contribution in [0.2, 0.25) is 0 Å². The third kappa shape index (κ3) is 5.95. The minimum absolute atomic E-state index is 0.0799. The Kier molecular flexibility index (Phi) is 6.37. The molecule has 21 heavy (non-hydrogen) atoms. The molecule has 1 rings (SSSR count). The zero-order valence-electron chi connectivity index (χ0n) is 13.6. The van der Waals surface area contributed by atoms with Crippen molar-refractivity contribution in [3.8, 4) is 0 Å². The summed E-state index contributed by atoms with van der Waals surface area (Å²) < 4.78 is 0. The molecule has 0 aliphatic carbocycles. The predicted octanol–water partition coefficient (Wildman–Crippen LogP) is 1.65. The number of amides is 2. The zero-order valence-corrected chi connectivity index (χ0v) is 13.6. The van der Waals surface area contributed by atoms with Crippen molar-refractivity contribution in [1.29, 1.82) is 0 Å². The summed E-state index contributed by atoms with van der Waals surface area (Å²) in [6.45, 7) is 6.77. The highest BCUT2D eigenvalue weighted by Gasteiger charge is 2.14. The van der Waals surface area contributed by atoms with Crippen molar-refractivity contribution in [2.75, 3.05) is 39.0 Å². The number of nitrogens with zero attached hydrogens (tertiary/aromatic N) is 2. The quantitative estimate of drug-likeness (QED) is 0.867. The Morgan fingerprint density at radius 3 is 2.38 bits per heavy atom. The van der Waals surface area contributed by atoms with Crippen LogP contribution in [-0.4, -0.2) is 55.3 Å². The maximum absolute atomic E-state index is 12.1. The number of carbonyl (C=O) groups is 2. The Labute approximate surface area is 126 Å². The molecule has 0 saturated carbocycles. The van der Waals surface area contributed by atoms with Gasteiger partial charge in [0.1, 0.15) is 0 Å². The third-order valence-corrected chi connectivity index (χ3v) is 3.26. The third-order valence-electron chi connectivity index (χ3n) is 3.26. The van der Waals surface area contributed by atoms with Crippen LogP contribution in [0.25, 0.3) is 0 Å². The standard InChI is InChI=1S/C16H25N3O2/c1-12-6-7-13(2)15(10-12)17-16(21)11-19(14(3)20)9-8-18(4)5/h6-7,10H,8-9,11H2,1-5H3,(H,17,21). The predicted molar refractivity (Wildman–Crippen MR) is 85.4 cm³/mol. The molecule has 5 heteroatoms. The van der Waals surface area contributed by atoms with Crippen molar-refractivity contribution in [2.24, 2.45) is 0 Å². The Bertz CT molecular complexity index is 512. The number of carbonyl (C=O) groups excluding carboxylic acids is 2. The second kappa shape index (κ2) is 7.78. The van der Waals surface area contributed by atoms with Crippen LogP contribution in [0.5, 0.6) is 0 Å². The first-order chi connectivity index (χ1) is 9.79. The number of likely N-dealkylation sites (N-methyl/N-ethyl adjacent to an activating group) is 1. The lowest BCUT2D eigenvalue weighted by Gasteiger charge is -2.22. The number of benzene rings is 1. The summed E-state index contributed by atoms with van der Waals surface area (Å²) >= 11 is 0. The van der Waals surface area contributed by atoms with E-state index in [4.69, 9.17) is 0 Å². The molecule has 116 valence electrons. The van der Waals surface area contributed by atoms with Gasteiger partial charge < -0.3 is 15.1 Å². The van der Waals surface area contributed by atoms with Crippen LogP contribution in [0.15, 0.2) is 18.2 Å². The monoisotopic (exact) mass is 291 g/mol. The zero-order chi connectivity index (χ0) is 16.0. The van der Waals surface area contributed by atoms with Crippen molar-refractivity contribution in [2.45, 2.75) is 20.8 Å². The van der Waals surface area contributed by atoms with Gasteiger partial charge >= 0.3 is 0 Å². The van der Waals surface area contributed by atoms with Gasteiger partial charge in [-0.05, 0) is 45.1 Å². The summed E-state index contributed by atoms with van der Waals surface area (Å²) in [5, 5.41) is 2.88. The van der Waals surface area contributed by atoms with E-state index in [0.29, 0.717) is 6.54 Å². The Morgan fingerprint density at radius 2 is 1.81 bits per heavy atom. The van der Waals surface area contributed by atoms with Crippen LogP contribution in [-0.2, 0) is 9.59 Å². The van der Waals surface area contributed by atoms with Gasteiger partial charge in [0.05, 0.1) is 6.54 Å². The molecule has 1 N–H and O–H groups in total. The average molecular weight is 291 g/mol. The highest BCUT2D eigenvalue weighted by atomic mass is 16.2. The first kappa shape index (κ1) is 17.2. The van der Waals surface area contributed by atoms with E-state index in [2.05, 4.69) is 5.32 Å². The summed E-state index contributed by atoms with van der Waals surface area (Å²) in [7, 11) is 3.88. The molecule has 0 heterocycles. The van der Waals surface area contributed by atoms with E-state index >= 15 is 0 Å². The molecule has 0 unspecified atom stereocenters. The molecule has 0 fully saturated rings. The normalized spacial score (nSPS) is 10.6. The van der Waals surface area contributed by atoms with Crippen LogP contribution in [0, 0.1) is 13.8 Å². The van der Waals surface area contributed by atoms with E-state index in [9.17, 15) is 9.59 Å². The molecule has 0 bridgehead atoms. The highest BCUT2D eigenvalue weighted by molar-refractivity contribution is 5.94. The fourth-order valence-electron chi connectivity index (χ4n) is 1.90. The van der Waals surface area contributed by atoms with E-state index in [1.54, 1.807) is 4.90 Å². The highest BCUT2D eigenvalue weighted by Crippen LogP contribution is 2.16. The van der Waals surface area contributed by atoms with E-state index in [-0.39, 0.29) is 18.4 Å². The van der Waals surface area contributed by atoms with Crippen molar-refractivity contribution in [3.63, 3.8) is 0 Å². The number of rotatable bonds is 6. The fourth-order valence-corrected chi connectivity index (χ4v) is 1.90. The van der Waals surface area contributed by atoms with Crippen LogP contribution >= 0.6 is 0 Å². The number of hydrogen-bond donors (Lipinski definition) is 1. The van der Waals surface area contributed by atoms with Gasteiger partial charge in [0.2, 0.25) is 11.8 Å². The Balaban J connectivity index is 2.65. The topological polar surface area (TPSA) is 52.7 Å². The lowest BCUT2D eigenvalue weighted by Crippen LogP contribution is -2.40. The van der Waals surface area contributed by atoms with Gasteiger partial charge in [-0.3, -0.25) is 9.59 Å². The number of aryl methyl sites for hydroxylation is 2. The van der Waals surface area contributed by atoms with Crippen LogP contribution in [0.3, 0.4) is 0 Å². The number of anilines is 1. The Hall–Kier alpha value is -1.88. The number of hydrogen-bond acceptors (Lipinski definition) is 3. The van der Waals surface area contributed by atoms with Crippen molar-refractivity contribution >= 4 is 17.5 Å². The van der Waals surface area contributed by atoms with Gasteiger partial charge in [0.25, 0.3) is 0 Å². The van der Waals surface area contributed by atoms with Gasteiger partial charge in [0, 0.05) is 25.7 Å². The van der Waals surface area contributed by atoms with Crippen LogP contribution in [0.4, 0.5) is 5.69 Å². The largest absolute Gasteiger partial charge is 0.332 e. The van der Waals surface area contributed by atoms with Gasteiger partial charge in [0.15, 0.2) is 0 Å². The summed E-state index contributed by atoms with van der Waals surface area (Å²) in [4.78, 5) is 27.3. The van der Waals surface area contributed by atoms with Gasteiger partial charge in [-0.15, -0.1) is 0 Å². The lowest BCUT2D eigenvalue weighted by molar-refractivity contribution is -0.132. The minimum atomic E-state index is -0.169. The van der Waals surface area contributed by atoms with Gasteiger partial charge in [-0.2, -0.15) is 0 Å². The van der Waals surface area contributed by atoms with Crippen LogP contribution in [0.1, 0.15) is 18.1 Å². The molecule has 1 aromatic carbocycles. The molecule has 1 aromatic rings. The Morgan fingerprint density at radius 1 is 1.14 bits per heavy atom. The van der Waals surface area contributed by atoms with E-state index in [1.807, 2.05) is 51.0 Å². The maximum Gasteiger partial charge on any atom is 0.244 e. The van der Waals surface area contributed by atoms with Gasteiger partial charge in [-0.25, -0.2) is 0 Å². The lowest BCUT2D eigenvalue weighted by atomic mass is 10.1. The molecule has 0 radical (unpaired) electrons. The van der Waals surface area contributed by atoms with E-state index in [1.165, 1.54) is 6.92 Å². The average Bonchev–Trinajstić information content (AvgIpc) is 2.38. The first-order valence-electron chi connectivity index (χ1n) is 7.07.